The van der Waals surface area contributed by atoms with Crippen molar-refractivity contribution in [3.8, 4) is 5.75 Å². The molecule has 1 amide bonds. The Morgan fingerprint density at radius 3 is 2.57 bits per heavy atom. The number of nitrogens with zero attached hydrogens (tertiary/aromatic N) is 1. The summed E-state index contributed by atoms with van der Waals surface area (Å²) in [6, 6.07) is 4.73. The highest BCUT2D eigenvalue weighted by Gasteiger charge is 2.35. The van der Waals surface area contributed by atoms with Gasteiger partial charge in [0.05, 0.1) is 5.92 Å². The molecule has 0 radical (unpaired) electrons. The molecule has 1 aromatic rings. The number of ether oxygens (including phenoxy) is 1. The van der Waals surface area contributed by atoms with Gasteiger partial charge in [0.1, 0.15) is 5.75 Å². The number of halogens is 3. The van der Waals surface area contributed by atoms with Gasteiger partial charge in [0.25, 0.3) is 5.91 Å². The first-order valence-electron chi connectivity index (χ1n) is 7.07. The first kappa shape index (κ1) is 17.1. The molecule has 8 heteroatoms. The zero-order valence-corrected chi connectivity index (χ0v) is 12.3. The van der Waals surface area contributed by atoms with Crippen molar-refractivity contribution in [1.82, 2.24) is 4.90 Å². The van der Waals surface area contributed by atoms with Gasteiger partial charge in [-0.1, -0.05) is 13.0 Å². The fourth-order valence-corrected chi connectivity index (χ4v) is 2.15. The molecule has 2 rings (SSSR count). The minimum Gasteiger partial charge on any atom is -0.481 e. The predicted molar refractivity (Wildman–Crippen MR) is 74.0 cm³/mol. The first-order valence-corrected chi connectivity index (χ1v) is 7.07. The zero-order chi connectivity index (χ0) is 17.2. The fourth-order valence-electron chi connectivity index (χ4n) is 2.15. The summed E-state index contributed by atoms with van der Waals surface area (Å²) in [5.41, 5.74) is 0.0382. The minimum absolute atomic E-state index is 0.0171. The Labute approximate surface area is 130 Å². The maximum atomic E-state index is 12.5. The second-order valence-electron chi connectivity index (χ2n) is 5.50. The molecule has 0 saturated heterocycles. The van der Waals surface area contributed by atoms with E-state index in [0.717, 1.165) is 25.0 Å². The standard InChI is InChI=1S/C15H16F3NO4/c1-9(14(21)22)8-19(11-5-6-11)13(20)10-3-2-4-12(7-10)23-15(16,17)18/h2-4,7,9,11H,5-6,8H2,1H3,(H,21,22). The maximum absolute atomic E-state index is 12.5. The van der Waals surface area contributed by atoms with Crippen molar-refractivity contribution in [2.45, 2.75) is 32.2 Å². The van der Waals surface area contributed by atoms with Crippen LogP contribution in [0.1, 0.15) is 30.1 Å². The summed E-state index contributed by atoms with van der Waals surface area (Å²) in [4.78, 5) is 24.9. The molecule has 0 aliphatic heterocycles. The van der Waals surface area contributed by atoms with Crippen LogP contribution in [0, 0.1) is 5.92 Å². The Bertz CT molecular complexity index is 599. The molecule has 1 fully saturated rings. The van der Waals surface area contributed by atoms with E-state index in [-0.39, 0.29) is 18.2 Å². The summed E-state index contributed by atoms with van der Waals surface area (Å²) >= 11 is 0. The van der Waals surface area contributed by atoms with Crippen LogP contribution in [0.25, 0.3) is 0 Å². The van der Waals surface area contributed by atoms with Crippen molar-refractivity contribution in [3.63, 3.8) is 0 Å². The van der Waals surface area contributed by atoms with Crippen LogP contribution in [0.4, 0.5) is 13.2 Å². The number of carbonyl (C=O) groups is 2. The van der Waals surface area contributed by atoms with Gasteiger partial charge < -0.3 is 14.7 Å². The highest BCUT2D eigenvalue weighted by atomic mass is 19.4. The summed E-state index contributed by atoms with van der Waals surface area (Å²) in [5.74, 6) is -2.76. The molecule has 0 heterocycles. The lowest BCUT2D eigenvalue weighted by molar-refractivity contribution is -0.274. The van der Waals surface area contributed by atoms with E-state index in [1.54, 1.807) is 0 Å². The molecular weight excluding hydrogens is 315 g/mol. The summed E-state index contributed by atoms with van der Waals surface area (Å²) < 4.78 is 40.5. The van der Waals surface area contributed by atoms with Crippen molar-refractivity contribution >= 4 is 11.9 Å². The molecule has 1 saturated carbocycles. The van der Waals surface area contributed by atoms with Crippen molar-refractivity contribution in [2.75, 3.05) is 6.54 Å². The van der Waals surface area contributed by atoms with Gasteiger partial charge in [-0.25, -0.2) is 0 Å². The molecule has 0 bridgehead atoms. The molecular formula is C15H16F3NO4. The van der Waals surface area contributed by atoms with Crippen LogP contribution in [0.5, 0.6) is 5.75 Å². The van der Waals surface area contributed by atoms with Crippen LogP contribution in [0.3, 0.4) is 0 Å². The SMILES string of the molecule is CC(CN(C(=O)c1cccc(OC(F)(F)F)c1)C1CC1)C(=O)O. The molecule has 5 nitrogen and oxygen atoms in total. The minimum atomic E-state index is -4.84. The van der Waals surface area contributed by atoms with E-state index >= 15 is 0 Å². The number of hydrogen-bond acceptors (Lipinski definition) is 3. The Morgan fingerprint density at radius 2 is 2.04 bits per heavy atom. The zero-order valence-electron chi connectivity index (χ0n) is 12.3. The highest BCUT2D eigenvalue weighted by Crippen LogP contribution is 2.30. The molecule has 0 spiro atoms. The maximum Gasteiger partial charge on any atom is 0.573 e. The van der Waals surface area contributed by atoms with Gasteiger partial charge in [-0.05, 0) is 31.0 Å². The topological polar surface area (TPSA) is 66.8 Å². The fraction of sp³-hybridized carbons (Fsp3) is 0.467. The van der Waals surface area contributed by atoms with Crippen molar-refractivity contribution in [1.29, 1.82) is 0 Å². The van der Waals surface area contributed by atoms with Gasteiger partial charge in [-0.3, -0.25) is 9.59 Å². The van der Waals surface area contributed by atoms with Gasteiger partial charge in [0.2, 0.25) is 0 Å². The van der Waals surface area contributed by atoms with Gasteiger partial charge >= 0.3 is 12.3 Å². The summed E-state index contributed by atoms with van der Waals surface area (Å²) in [6.07, 6.45) is -3.32. The molecule has 1 unspecified atom stereocenters. The van der Waals surface area contributed by atoms with E-state index in [2.05, 4.69) is 4.74 Å². The largest absolute Gasteiger partial charge is 0.573 e. The van der Waals surface area contributed by atoms with E-state index in [1.807, 2.05) is 0 Å². The molecule has 1 N–H and O–H groups in total. The second kappa shape index (κ2) is 6.47. The lowest BCUT2D eigenvalue weighted by Crippen LogP contribution is -2.38. The number of aliphatic carboxylic acids is 1. The Hall–Kier alpha value is -2.25. The molecule has 23 heavy (non-hydrogen) atoms. The van der Waals surface area contributed by atoms with Crippen molar-refractivity contribution in [2.24, 2.45) is 5.92 Å². The number of carboxylic acids is 1. The lowest BCUT2D eigenvalue weighted by atomic mass is 10.1. The molecule has 1 aliphatic carbocycles. The van der Waals surface area contributed by atoms with Crippen LogP contribution < -0.4 is 4.74 Å². The third-order valence-corrected chi connectivity index (χ3v) is 3.46. The number of hydrogen-bond donors (Lipinski definition) is 1. The summed E-state index contributed by atoms with van der Waals surface area (Å²) in [6.45, 7) is 1.50. The average Bonchev–Trinajstić information content (AvgIpc) is 3.26. The Morgan fingerprint density at radius 1 is 1.39 bits per heavy atom. The number of carbonyl (C=O) groups excluding carboxylic acids is 1. The third kappa shape index (κ3) is 4.87. The number of amides is 1. The van der Waals surface area contributed by atoms with Gasteiger partial charge in [0, 0.05) is 18.2 Å². The van der Waals surface area contributed by atoms with Gasteiger partial charge in [-0.15, -0.1) is 13.2 Å². The average molecular weight is 331 g/mol. The molecule has 1 aromatic carbocycles. The van der Waals surface area contributed by atoms with Crippen LogP contribution >= 0.6 is 0 Å². The molecule has 1 atom stereocenters. The van der Waals surface area contributed by atoms with E-state index in [9.17, 15) is 22.8 Å². The predicted octanol–water partition coefficient (Wildman–Crippen LogP) is 2.91. The molecule has 1 aliphatic rings. The van der Waals surface area contributed by atoms with Gasteiger partial charge in [-0.2, -0.15) is 0 Å². The normalized spacial score (nSPS) is 15.8. The number of benzene rings is 1. The van der Waals surface area contributed by atoms with E-state index in [4.69, 9.17) is 5.11 Å². The lowest BCUT2D eigenvalue weighted by Gasteiger charge is -2.24. The number of carboxylic acid groups (broad SMARTS) is 1. The van der Waals surface area contributed by atoms with Crippen molar-refractivity contribution < 1.29 is 32.6 Å². The molecule has 126 valence electrons. The number of alkyl halides is 3. The Kier molecular flexibility index (Phi) is 4.82. The quantitative estimate of drug-likeness (QED) is 0.870. The van der Waals surface area contributed by atoms with E-state index in [0.29, 0.717) is 0 Å². The van der Waals surface area contributed by atoms with Crippen LogP contribution in [0.15, 0.2) is 24.3 Å². The third-order valence-electron chi connectivity index (χ3n) is 3.46. The van der Waals surface area contributed by atoms with Crippen LogP contribution in [-0.4, -0.2) is 40.8 Å². The monoisotopic (exact) mass is 331 g/mol. The van der Waals surface area contributed by atoms with Gasteiger partial charge in [0.15, 0.2) is 0 Å². The summed E-state index contributed by atoms with van der Waals surface area (Å²) in [7, 11) is 0. The van der Waals surface area contributed by atoms with E-state index < -0.39 is 29.9 Å². The first-order chi connectivity index (χ1) is 10.7. The van der Waals surface area contributed by atoms with E-state index in [1.165, 1.54) is 24.0 Å². The van der Waals surface area contributed by atoms with Crippen LogP contribution in [-0.2, 0) is 4.79 Å². The van der Waals surface area contributed by atoms with Crippen LogP contribution in [0.2, 0.25) is 0 Å². The summed E-state index contributed by atoms with van der Waals surface area (Å²) in [5, 5.41) is 8.97. The Balaban J connectivity index is 2.16. The highest BCUT2D eigenvalue weighted by molar-refractivity contribution is 5.95. The smallest absolute Gasteiger partial charge is 0.481 e. The number of rotatable bonds is 6. The second-order valence-corrected chi connectivity index (χ2v) is 5.50. The van der Waals surface area contributed by atoms with Crippen molar-refractivity contribution in [3.05, 3.63) is 29.8 Å². The molecule has 0 aromatic heterocycles.